The fourth-order valence-electron chi connectivity index (χ4n) is 2.54. The van der Waals surface area contributed by atoms with E-state index in [1.807, 2.05) is 0 Å². The van der Waals surface area contributed by atoms with E-state index in [0.29, 0.717) is 10.6 Å². The smallest absolute Gasteiger partial charge is 0.262 e. The van der Waals surface area contributed by atoms with Crippen LogP contribution in [-0.4, -0.2) is 21.4 Å². The number of hydrogen-bond donors (Lipinski definition) is 2. The van der Waals surface area contributed by atoms with Crippen LogP contribution < -0.4 is 14.8 Å². The molecule has 0 atom stereocenters. The molecule has 0 unspecified atom stereocenters. The average Bonchev–Trinajstić information content (AvgIpc) is 2.71. The highest BCUT2D eigenvalue weighted by Gasteiger charge is 2.20. The summed E-state index contributed by atoms with van der Waals surface area (Å²) < 4.78 is 33.3. The second-order valence-electron chi connectivity index (χ2n) is 6.03. The van der Waals surface area contributed by atoms with Crippen LogP contribution >= 0.6 is 34.8 Å². The van der Waals surface area contributed by atoms with E-state index in [0.717, 1.165) is 0 Å². The minimum atomic E-state index is -4.06. The number of sulfonamides is 1. The summed E-state index contributed by atoms with van der Waals surface area (Å²) in [5.41, 5.74) is 0.574. The monoisotopic (exact) mass is 484 g/mol. The van der Waals surface area contributed by atoms with Crippen molar-refractivity contribution in [3.8, 4) is 5.75 Å². The van der Waals surface area contributed by atoms with Gasteiger partial charge in [-0.25, -0.2) is 8.42 Å². The fraction of sp³-hybridized carbons (Fsp3) is 0.0500. The molecule has 3 rings (SSSR count). The number of hydrogen-bond acceptors (Lipinski definition) is 4. The maximum atomic E-state index is 12.9. The Morgan fingerprint density at radius 1 is 0.933 bits per heavy atom. The van der Waals surface area contributed by atoms with Crippen molar-refractivity contribution >= 4 is 62.1 Å². The van der Waals surface area contributed by atoms with Gasteiger partial charge in [0.05, 0.1) is 33.4 Å². The normalized spacial score (nSPS) is 11.1. The summed E-state index contributed by atoms with van der Waals surface area (Å²) in [7, 11) is -2.65. The molecule has 6 nitrogen and oxygen atoms in total. The van der Waals surface area contributed by atoms with Crippen LogP contribution in [0.25, 0.3) is 0 Å². The Balaban J connectivity index is 1.93. The van der Waals surface area contributed by atoms with E-state index in [2.05, 4.69) is 10.0 Å². The molecule has 0 aliphatic heterocycles. The van der Waals surface area contributed by atoms with Crippen molar-refractivity contribution in [1.82, 2.24) is 0 Å². The lowest BCUT2D eigenvalue weighted by Crippen LogP contribution is -2.16. The van der Waals surface area contributed by atoms with Crippen LogP contribution in [0.1, 0.15) is 10.4 Å². The molecule has 156 valence electrons. The first-order valence-corrected chi connectivity index (χ1v) is 11.0. The lowest BCUT2D eigenvalue weighted by Gasteiger charge is -2.14. The zero-order valence-corrected chi connectivity index (χ0v) is 18.5. The molecule has 0 saturated heterocycles. The predicted molar refractivity (Wildman–Crippen MR) is 120 cm³/mol. The number of benzene rings is 3. The third-order valence-electron chi connectivity index (χ3n) is 4.04. The Kier molecular flexibility index (Phi) is 6.77. The molecule has 0 aromatic heterocycles. The first kappa shape index (κ1) is 22.2. The van der Waals surface area contributed by atoms with Gasteiger partial charge in [0.2, 0.25) is 0 Å². The topological polar surface area (TPSA) is 84.5 Å². The van der Waals surface area contributed by atoms with E-state index in [4.69, 9.17) is 39.5 Å². The Morgan fingerprint density at radius 3 is 2.17 bits per heavy atom. The minimum Gasteiger partial charge on any atom is -0.495 e. The van der Waals surface area contributed by atoms with E-state index in [1.165, 1.54) is 37.4 Å². The van der Waals surface area contributed by atoms with Crippen molar-refractivity contribution in [3.05, 3.63) is 81.3 Å². The van der Waals surface area contributed by atoms with Crippen LogP contribution in [0, 0.1) is 0 Å². The zero-order valence-electron chi connectivity index (χ0n) is 15.4. The van der Waals surface area contributed by atoms with E-state index in [-0.39, 0.29) is 32.1 Å². The first-order valence-electron chi connectivity index (χ1n) is 8.43. The molecule has 0 saturated carbocycles. The highest BCUT2D eigenvalue weighted by molar-refractivity contribution is 7.92. The second kappa shape index (κ2) is 9.14. The molecule has 0 bridgehead atoms. The van der Waals surface area contributed by atoms with E-state index in [9.17, 15) is 13.2 Å². The Labute approximate surface area is 188 Å². The molecule has 3 aromatic rings. The van der Waals surface area contributed by atoms with Crippen molar-refractivity contribution in [2.75, 3.05) is 17.1 Å². The molecular formula is C20H15Cl3N2O4S. The van der Waals surface area contributed by atoms with Gasteiger partial charge < -0.3 is 10.1 Å². The molecule has 0 aliphatic carbocycles. The second-order valence-corrected chi connectivity index (χ2v) is 8.96. The Bertz CT molecular complexity index is 1180. The molecule has 30 heavy (non-hydrogen) atoms. The number of halogens is 3. The number of carbonyl (C=O) groups is 1. The van der Waals surface area contributed by atoms with Gasteiger partial charge in [0, 0.05) is 10.6 Å². The van der Waals surface area contributed by atoms with Crippen molar-refractivity contribution < 1.29 is 17.9 Å². The van der Waals surface area contributed by atoms with Gasteiger partial charge in [0.15, 0.2) is 0 Å². The molecule has 0 fully saturated rings. The molecule has 10 heteroatoms. The molecule has 0 heterocycles. The van der Waals surface area contributed by atoms with Gasteiger partial charge in [-0.15, -0.1) is 0 Å². The first-order chi connectivity index (χ1) is 14.2. The number of amides is 1. The number of carbonyl (C=O) groups excluding carboxylic acids is 1. The van der Waals surface area contributed by atoms with E-state index in [1.54, 1.807) is 30.3 Å². The van der Waals surface area contributed by atoms with Crippen molar-refractivity contribution in [3.63, 3.8) is 0 Å². The van der Waals surface area contributed by atoms with Gasteiger partial charge in [-0.05, 0) is 54.6 Å². The third-order valence-corrected chi connectivity index (χ3v) is 6.26. The number of nitrogens with one attached hydrogen (secondary N) is 2. The van der Waals surface area contributed by atoms with Gasteiger partial charge in [0.25, 0.3) is 15.9 Å². The van der Waals surface area contributed by atoms with Crippen LogP contribution in [0.15, 0.2) is 65.6 Å². The summed E-state index contributed by atoms with van der Waals surface area (Å²) in [6.07, 6.45) is 0. The summed E-state index contributed by atoms with van der Waals surface area (Å²) in [4.78, 5) is 12.4. The summed E-state index contributed by atoms with van der Waals surface area (Å²) in [6.45, 7) is 0. The van der Waals surface area contributed by atoms with Crippen molar-refractivity contribution in [2.45, 2.75) is 4.90 Å². The zero-order chi connectivity index (χ0) is 21.9. The van der Waals surface area contributed by atoms with Gasteiger partial charge in [0.1, 0.15) is 5.75 Å². The maximum absolute atomic E-state index is 12.9. The van der Waals surface area contributed by atoms with Gasteiger partial charge in [-0.3, -0.25) is 9.52 Å². The molecule has 2 N–H and O–H groups in total. The Hall–Kier alpha value is -2.45. The van der Waals surface area contributed by atoms with E-state index >= 15 is 0 Å². The summed E-state index contributed by atoms with van der Waals surface area (Å²) in [6, 6.07) is 14.9. The number of ether oxygens (including phenoxy) is 1. The molecular weight excluding hydrogens is 471 g/mol. The van der Waals surface area contributed by atoms with Crippen molar-refractivity contribution in [1.29, 1.82) is 0 Å². The summed E-state index contributed by atoms with van der Waals surface area (Å²) >= 11 is 17.9. The van der Waals surface area contributed by atoms with Gasteiger partial charge in [-0.2, -0.15) is 0 Å². The fourth-order valence-corrected chi connectivity index (χ4v) is 4.39. The number of rotatable bonds is 6. The van der Waals surface area contributed by atoms with Crippen LogP contribution in [0.5, 0.6) is 5.75 Å². The largest absolute Gasteiger partial charge is 0.495 e. The molecule has 1 amide bonds. The number of anilines is 2. The average molecular weight is 486 g/mol. The van der Waals surface area contributed by atoms with Crippen LogP contribution in [0.2, 0.25) is 15.1 Å². The highest BCUT2D eigenvalue weighted by atomic mass is 35.5. The number of para-hydroxylation sites is 1. The minimum absolute atomic E-state index is 0.0587. The Morgan fingerprint density at radius 2 is 1.57 bits per heavy atom. The van der Waals surface area contributed by atoms with Gasteiger partial charge >= 0.3 is 0 Å². The SMILES string of the molecule is COc1ccc(S(=O)(=O)Nc2c(Cl)cccc2Cl)cc1NC(=O)c1ccc(Cl)cc1. The summed E-state index contributed by atoms with van der Waals surface area (Å²) in [5.74, 6) is -0.173. The molecule has 0 aliphatic rings. The van der Waals surface area contributed by atoms with Gasteiger partial charge in [-0.1, -0.05) is 40.9 Å². The molecule has 0 radical (unpaired) electrons. The third kappa shape index (κ3) is 4.99. The molecule has 3 aromatic carbocycles. The lowest BCUT2D eigenvalue weighted by molar-refractivity contribution is 0.102. The van der Waals surface area contributed by atoms with Crippen molar-refractivity contribution in [2.24, 2.45) is 0 Å². The van der Waals surface area contributed by atoms with Crippen LogP contribution in [0.4, 0.5) is 11.4 Å². The standard InChI is InChI=1S/C20H15Cl3N2O4S/c1-29-18-10-9-14(30(27,28)25-19-15(22)3-2-4-16(19)23)11-17(18)24-20(26)12-5-7-13(21)8-6-12/h2-11,25H,1H3,(H,24,26). The number of methoxy groups -OCH3 is 1. The van der Waals surface area contributed by atoms with E-state index < -0.39 is 15.9 Å². The predicted octanol–water partition coefficient (Wildman–Crippen LogP) is 5.71. The van der Waals surface area contributed by atoms with Crippen LogP contribution in [-0.2, 0) is 10.0 Å². The van der Waals surface area contributed by atoms with Crippen LogP contribution in [0.3, 0.4) is 0 Å². The highest BCUT2D eigenvalue weighted by Crippen LogP contribution is 2.33. The quantitative estimate of drug-likeness (QED) is 0.468. The summed E-state index contributed by atoms with van der Waals surface area (Å²) in [5, 5.41) is 3.43. The maximum Gasteiger partial charge on any atom is 0.262 e. The molecule has 0 spiro atoms. The lowest BCUT2D eigenvalue weighted by atomic mass is 10.2.